The molecule has 0 aliphatic heterocycles. The molecule has 0 bridgehead atoms. The van der Waals surface area contributed by atoms with Crippen molar-refractivity contribution < 1.29 is 17.9 Å². The topological polar surface area (TPSA) is 22.1 Å². The Labute approximate surface area is 96.0 Å². The SMILES string of the molecule is COc1ccc(C)c2c(C(F)(F)F)ccnc12. The molecule has 1 aromatic heterocycles. The summed E-state index contributed by atoms with van der Waals surface area (Å²) in [6.07, 6.45) is -3.24. The molecule has 0 saturated heterocycles. The first-order chi connectivity index (χ1) is 7.95. The number of fused-ring (bicyclic) bond motifs is 1. The summed E-state index contributed by atoms with van der Waals surface area (Å²) in [7, 11) is 1.41. The van der Waals surface area contributed by atoms with Gasteiger partial charge in [-0.3, -0.25) is 4.98 Å². The minimum atomic E-state index is -4.39. The van der Waals surface area contributed by atoms with Crippen LogP contribution in [0.3, 0.4) is 0 Å². The Kier molecular flexibility index (Phi) is 2.69. The van der Waals surface area contributed by atoms with Crippen LogP contribution in [-0.2, 0) is 6.18 Å². The molecule has 0 radical (unpaired) electrons. The average Bonchev–Trinajstić information content (AvgIpc) is 2.28. The van der Waals surface area contributed by atoms with Crippen molar-refractivity contribution >= 4 is 10.9 Å². The summed E-state index contributed by atoms with van der Waals surface area (Å²) in [6, 6.07) is 4.19. The van der Waals surface area contributed by atoms with E-state index in [-0.39, 0.29) is 10.9 Å². The average molecular weight is 241 g/mol. The van der Waals surface area contributed by atoms with Crippen molar-refractivity contribution in [3.05, 3.63) is 35.5 Å². The highest BCUT2D eigenvalue weighted by Crippen LogP contribution is 2.37. The molecule has 1 aromatic carbocycles. The second-order valence-corrected chi connectivity index (χ2v) is 3.66. The van der Waals surface area contributed by atoms with Gasteiger partial charge in [-0.25, -0.2) is 0 Å². The predicted molar refractivity (Wildman–Crippen MR) is 58.0 cm³/mol. The van der Waals surface area contributed by atoms with E-state index in [0.29, 0.717) is 11.3 Å². The van der Waals surface area contributed by atoms with E-state index in [9.17, 15) is 13.2 Å². The molecular formula is C12H10F3NO. The fourth-order valence-electron chi connectivity index (χ4n) is 1.81. The van der Waals surface area contributed by atoms with E-state index < -0.39 is 11.7 Å². The molecule has 0 saturated carbocycles. The third kappa shape index (κ3) is 1.92. The van der Waals surface area contributed by atoms with Gasteiger partial charge in [0.15, 0.2) is 0 Å². The number of halogens is 3. The summed E-state index contributed by atoms with van der Waals surface area (Å²) >= 11 is 0. The molecule has 2 aromatic rings. The molecule has 17 heavy (non-hydrogen) atoms. The summed E-state index contributed by atoms with van der Waals surface area (Å²) in [5, 5.41) is 0.0966. The lowest BCUT2D eigenvalue weighted by molar-refractivity contribution is -0.136. The van der Waals surface area contributed by atoms with Crippen LogP contribution in [-0.4, -0.2) is 12.1 Å². The highest BCUT2D eigenvalue weighted by molar-refractivity contribution is 5.90. The van der Waals surface area contributed by atoms with Crippen LogP contribution in [0.5, 0.6) is 5.75 Å². The Balaban J connectivity index is 2.89. The van der Waals surface area contributed by atoms with Crippen molar-refractivity contribution in [3.8, 4) is 5.75 Å². The molecule has 0 aliphatic rings. The lowest BCUT2D eigenvalue weighted by Crippen LogP contribution is -2.07. The largest absolute Gasteiger partial charge is 0.494 e. The normalized spacial score (nSPS) is 11.8. The zero-order chi connectivity index (χ0) is 12.6. The van der Waals surface area contributed by atoms with Crippen LogP contribution in [0.4, 0.5) is 13.2 Å². The van der Waals surface area contributed by atoms with Gasteiger partial charge in [0.25, 0.3) is 0 Å². The van der Waals surface area contributed by atoms with Crippen molar-refractivity contribution in [1.29, 1.82) is 0 Å². The summed E-state index contributed by atoms with van der Waals surface area (Å²) in [6.45, 7) is 1.62. The number of nitrogens with zero attached hydrogens (tertiary/aromatic N) is 1. The van der Waals surface area contributed by atoms with E-state index in [1.807, 2.05) is 0 Å². The molecule has 0 aliphatic carbocycles. The van der Waals surface area contributed by atoms with Gasteiger partial charge in [-0.05, 0) is 24.6 Å². The molecule has 0 N–H and O–H groups in total. The van der Waals surface area contributed by atoms with E-state index in [0.717, 1.165) is 12.3 Å². The molecule has 1 heterocycles. The molecule has 0 unspecified atom stereocenters. The van der Waals surface area contributed by atoms with Gasteiger partial charge in [-0.1, -0.05) is 6.07 Å². The van der Waals surface area contributed by atoms with E-state index in [1.165, 1.54) is 7.11 Å². The first kappa shape index (κ1) is 11.7. The first-order valence-corrected chi connectivity index (χ1v) is 4.94. The summed E-state index contributed by atoms with van der Waals surface area (Å²) in [4.78, 5) is 3.96. The van der Waals surface area contributed by atoms with Crippen LogP contribution in [0, 0.1) is 6.92 Å². The highest BCUT2D eigenvalue weighted by Gasteiger charge is 2.33. The molecule has 2 rings (SSSR count). The van der Waals surface area contributed by atoms with Crippen molar-refractivity contribution in [2.24, 2.45) is 0 Å². The highest BCUT2D eigenvalue weighted by atomic mass is 19.4. The van der Waals surface area contributed by atoms with Gasteiger partial charge >= 0.3 is 6.18 Å². The Morgan fingerprint density at radius 3 is 2.47 bits per heavy atom. The minimum Gasteiger partial charge on any atom is -0.494 e. The molecule has 2 nitrogen and oxygen atoms in total. The third-order valence-electron chi connectivity index (χ3n) is 2.59. The van der Waals surface area contributed by atoms with Crippen molar-refractivity contribution in [3.63, 3.8) is 0 Å². The predicted octanol–water partition coefficient (Wildman–Crippen LogP) is 3.57. The zero-order valence-electron chi connectivity index (χ0n) is 9.30. The smallest absolute Gasteiger partial charge is 0.417 e. The number of aromatic nitrogens is 1. The molecule has 90 valence electrons. The van der Waals surface area contributed by atoms with Crippen LogP contribution in [0.15, 0.2) is 24.4 Å². The molecule has 0 atom stereocenters. The number of pyridine rings is 1. The van der Waals surface area contributed by atoms with Crippen LogP contribution in [0.2, 0.25) is 0 Å². The van der Waals surface area contributed by atoms with E-state index >= 15 is 0 Å². The number of benzene rings is 1. The first-order valence-electron chi connectivity index (χ1n) is 4.94. The number of aryl methyl sites for hydroxylation is 1. The number of alkyl halides is 3. The maximum Gasteiger partial charge on any atom is 0.417 e. The Morgan fingerprint density at radius 2 is 1.88 bits per heavy atom. The molecule has 0 amide bonds. The Morgan fingerprint density at radius 1 is 1.18 bits per heavy atom. The van der Waals surface area contributed by atoms with Gasteiger partial charge in [-0.2, -0.15) is 13.2 Å². The van der Waals surface area contributed by atoms with Crippen molar-refractivity contribution in [2.45, 2.75) is 13.1 Å². The molecule has 0 fully saturated rings. The number of rotatable bonds is 1. The van der Waals surface area contributed by atoms with E-state index in [4.69, 9.17) is 4.74 Å². The lowest BCUT2D eigenvalue weighted by atomic mass is 10.0. The van der Waals surface area contributed by atoms with Gasteiger partial charge in [0.2, 0.25) is 0 Å². The monoisotopic (exact) mass is 241 g/mol. The quantitative estimate of drug-likeness (QED) is 0.761. The second kappa shape index (κ2) is 3.91. The van der Waals surface area contributed by atoms with Gasteiger partial charge in [0.1, 0.15) is 11.3 Å². The maximum atomic E-state index is 12.9. The number of ether oxygens (including phenoxy) is 1. The number of methoxy groups -OCH3 is 1. The Bertz CT molecular complexity index is 563. The van der Waals surface area contributed by atoms with Gasteiger partial charge < -0.3 is 4.74 Å². The van der Waals surface area contributed by atoms with E-state index in [1.54, 1.807) is 19.1 Å². The second-order valence-electron chi connectivity index (χ2n) is 3.66. The lowest BCUT2D eigenvalue weighted by Gasteiger charge is -2.13. The number of hydrogen-bond donors (Lipinski definition) is 0. The fraction of sp³-hybridized carbons (Fsp3) is 0.250. The van der Waals surface area contributed by atoms with Crippen molar-refractivity contribution in [1.82, 2.24) is 4.98 Å². The van der Waals surface area contributed by atoms with Gasteiger partial charge in [0, 0.05) is 11.6 Å². The third-order valence-corrected chi connectivity index (χ3v) is 2.59. The summed E-state index contributed by atoms with van der Waals surface area (Å²) in [5.41, 5.74) is 0.0856. The van der Waals surface area contributed by atoms with E-state index in [2.05, 4.69) is 4.98 Å². The van der Waals surface area contributed by atoms with Gasteiger partial charge in [0.05, 0.1) is 12.7 Å². The zero-order valence-corrected chi connectivity index (χ0v) is 9.30. The standard InChI is InChI=1S/C12H10F3NO/c1-7-3-4-9(17-2)11-10(7)8(5-6-16-11)12(13,14)15/h3-6H,1-2H3. The van der Waals surface area contributed by atoms with Gasteiger partial charge in [-0.15, -0.1) is 0 Å². The molecule has 5 heteroatoms. The maximum absolute atomic E-state index is 12.9. The van der Waals surface area contributed by atoms with Crippen LogP contribution < -0.4 is 4.74 Å². The van der Waals surface area contributed by atoms with Crippen LogP contribution in [0.25, 0.3) is 10.9 Å². The molecular weight excluding hydrogens is 231 g/mol. The fourth-order valence-corrected chi connectivity index (χ4v) is 1.81. The minimum absolute atomic E-state index is 0.0966. The number of hydrogen-bond acceptors (Lipinski definition) is 2. The summed E-state index contributed by atoms with van der Waals surface area (Å²) in [5.74, 6) is 0.344. The van der Waals surface area contributed by atoms with Crippen LogP contribution in [0.1, 0.15) is 11.1 Å². The Hall–Kier alpha value is -1.78. The molecule has 0 spiro atoms. The van der Waals surface area contributed by atoms with Crippen molar-refractivity contribution in [2.75, 3.05) is 7.11 Å². The van der Waals surface area contributed by atoms with Crippen LogP contribution >= 0.6 is 0 Å². The summed E-state index contributed by atoms with van der Waals surface area (Å²) < 4.78 is 43.6.